The largest absolute Gasteiger partial charge is 0.497 e. The number of anilines is 2. The van der Waals surface area contributed by atoms with Crippen LogP contribution in [0.4, 0.5) is 15.8 Å². The average molecular weight is 359 g/mol. The number of ether oxygens (including phenoxy) is 1. The van der Waals surface area contributed by atoms with Crippen molar-refractivity contribution in [1.82, 2.24) is 4.90 Å². The molecule has 2 aromatic rings. The van der Waals surface area contributed by atoms with Crippen molar-refractivity contribution in [3.63, 3.8) is 0 Å². The van der Waals surface area contributed by atoms with Crippen LogP contribution in [0, 0.1) is 12.7 Å². The van der Waals surface area contributed by atoms with Gasteiger partial charge in [0.1, 0.15) is 11.6 Å². The third-order valence-corrected chi connectivity index (χ3v) is 3.64. The molecule has 0 unspecified atom stereocenters. The molecule has 0 saturated heterocycles. The molecule has 0 saturated carbocycles. The van der Waals surface area contributed by atoms with Gasteiger partial charge in [-0.3, -0.25) is 14.5 Å². The Hall–Kier alpha value is -2.93. The van der Waals surface area contributed by atoms with Crippen molar-refractivity contribution < 1.29 is 18.7 Å². The molecule has 0 fully saturated rings. The van der Waals surface area contributed by atoms with E-state index in [4.69, 9.17) is 4.74 Å². The van der Waals surface area contributed by atoms with E-state index in [-0.39, 0.29) is 30.7 Å². The Bertz CT molecular complexity index is 795. The zero-order chi connectivity index (χ0) is 19.1. The van der Waals surface area contributed by atoms with Crippen LogP contribution in [0.25, 0.3) is 0 Å². The molecule has 0 atom stereocenters. The van der Waals surface area contributed by atoms with Crippen LogP contribution in [0.1, 0.15) is 5.56 Å². The van der Waals surface area contributed by atoms with Crippen LogP contribution in [0.3, 0.4) is 0 Å². The molecule has 26 heavy (non-hydrogen) atoms. The topological polar surface area (TPSA) is 70.7 Å². The van der Waals surface area contributed by atoms with Gasteiger partial charge < -0.3 is 15.4 Å². The van der Waals surface area contributed by atoms with Gasteiger partial charge >= 0.3 is 0 Å². The summed E-state index contributed by atoms with van der Waals surface area (Å²) in [5, 5.41) is 5.35. The summed E-state index contributed by atoms with van der Waals surface area (Å²) in [6, 6.07) is 11.5. The minimum atomic E-state index is -0.381. The average Bonchev–Trinajstić information content (AvgIpc) is 2.57. The van der Waals surface area contributed by atoms with Crippen LogP contribution in [0.15, 0.2) is 42.5 Å². The van der Waals surface area contributed by atoms with Gasteiger partial charge in [-0.25, -0.2) is 4.39 Å². The normalized spacial score (nSPS) is 10.5. The van der Waals surface area contributed by atoms with E-state index in [1.54, 1.807) is 62.4 Å². The molecule has 2 aromatic carbocycles. The van der Waals surface area contributed by atoms with E-state index in [9.17, 15) is 14.0 Å². The maximum atomic E-state index is 13.5. The van der Waals surface area contributed by atoms with Gasteiger partial charge in [0, 0.05) is 17.4 Å². The number of likely N-dealkylation sites (N-methyl/N-ethyl adjacent to an activating group) is 1. The number of nitrogens with zero attached hydrogens (tertiary/aromatic N) is 1. The van der Waals surface area contributed by atoms with Crippen molar-refractivity contribution in [3.05, 3.63) is 53.8 Å². The highest BCUT2D eigenvalue weighted by molar-refractivity contribution is 5.94. The first-order valence-electron chi connectivity index (χ1n) is 8.06. The Kier molecular flexibility index (Phi) is 6.68. The van der Waals surface area contributed by atoms with Crippen LogP contribution in [0.5, 0.6) is 5.75 Å². The minimum absolute atomic E-state index is 0.00102. The molecule has 0 spiro atoms. The lowest BCUT2D eigenvalue weighted by Gasteiger charge is -2.16. The standard InChI is InChI=1S/C19H22FN3O3/c1-13-7-8-15(10-17(13)20)22-19(25)12-23(2)11-18(24)21-14-5-4-6-16(9-14)26-3/h4-10H,11-12H2,1-3H3,(H,21,24)(H,22,25). The van der Waals surface area contributed by atoms with Gasteiger partial charge in [-0.2, -0.15) is 0 Å². The summed E-state index contributed by atoms with van der Waals surface area (Å²) in [6.45, 7) is 1.68. The van der Waals surface area contributed by atoms with Crippen molar-refractivity contribution in [3.8, 4) is 5.75 Å². The molecular weight excluding hydrogens is 337 g/mol. The van der Waals surface area contributed by atoms with Crippen LogP contribution in [-0.4, -0.2) is 44.0 Å². The van der Waals surface area contributed by atoms with Crippen molar-refractivity contribution in [2.75, 3.05) is 37.9 Å². The summed E-state index contributed by atoms with van der Waals surface area (Å²) in [7, 11) is 3.20. The first-order valence-corrected chi connectivity index (χ1v) is 8.06. The van der Waals surface area contributed by atoms with Gasteiger partial charge in [-0.1, -0.05) is 12.1 Å². The fourth-order valence-electron chi connectivity index (χ4n) is 2.32. The number of methoxy groups -OCH3 is 1. The molecular formula is C19H22FN3O3. The van der Waals surface area contributed by atoms with E-state index in [1.165, 1.54) is 6.07 Å². The predicted molar refractivity (Wildman–Crippen MR) is 98.9 cm³/mol. The Morgan fingerprint density at radius 2 is 1.65 bits per heavy atom. The van der Waals surface area contributed by atoms with Gasteiger partial charge in [-0.05, 0) is 43.8 Å². The van der Waals surface area contributed by atoms with E-state index in [0.717, 1.165) is 0 Å². The van der Waals surface area contributed by atoms with Crippen LogP contribution >= 0.6 is 0 Å². The maximum absolute atomic E-state index is 13.5. The first-order chi connectivity index (χ1) is 12.4. The summed E-state index contributed by atoms with van der Waals surface area (Å²) in [5.41, 5.74) is 1.50. The molecule has 2 amide bonds. The molecule has 2 rings (SSSR count). The Morgan fingerprint density at radius 1 is 1.04 bits per heavy atom. The minimum Gasteiger partial charge on any atom is -0.497 e. The van der Waals surface area contributed by atoms with Gasteiger partial charge in [0.25, 0.3) is 0 Å². The lowest BCUT2D eigenvalue weighted by Crippen LogP contribution is -2.36. The number of hydrogen-bond donors (Lipinski definition) is 2. The number of benzene rings is 2. The van der Waals surface area contributed by atoms with Crippen molar-refractivity contribution in [2.24, 2.45) is 0 Å². The Balaban J connectivity index is 1.82. The molecule has 0 bridgehead atoms. The summed E-state index contributed by atoms with van der Waals surface area (Å²) in [6.07, 6.45) is 0. The second-order valence-corrected chi connectivity index (χ2v) is 5.96. The summed E-state index contributed by atoms with van der Waals surface area (Å²) >= 11 is 0. The SMILES string of the molecule is COc1cccc(NC(=O)CN(C)CC(=O)Nc2ccc(C)c(F)c2)c1. The van der Waals surface area contributed by atoms with Gasteiger partial charge in [0.05, 0.1) is 20.2 Å². The molecule has 138 valence electrons. The van der Waals surface area contributed by atoms with Crippen LogP contribution in [-0.2, 0) is 9.59 Å². The number of hydrogen-bond acceptors (Lipinski definition) is 4. The number of carbonyl (C=O) groups is 2. The lowest BCUT2D eigenvalue weighted by atomic mass is 10.2. The number of aryl methyl sites for hydroxylation is 1. The van der Waals surface area contributed by atoms with Crippen LogP contribution in [0.2, 0.25) is 0 Å². The molecule has 0 aliphatic heterocycles. The molecule has 2 N–H and O–H groups in total. The zero-order valence-electron chi connectivity index (χ0n) is 15.0. The summed E-state index contributed by atoms with van der Waals surface area (Å²) in [4.78, 5) is 25.7. The third-order valence-electron chi connectivity index (χ3n) is 3.64. The third kappa shape index (κ3) is 5.86. The van der Waals surface area contributed by atoms with E-state index < -0.39 is 0 Å². The Labute approximate surface area is 152 Å². The predicted octanol–water partition coefficient (Wildman–Crippen LogP) is 2.65. The molecule has 0 aromatic heterocycles. The fraction of sp³-hybridized carbons (Fsp3) is 0.263. The monoisotopic (exact) mass is 359 g/mol. The van der Waals surface area contributed by atoms with Crippen LogP contribution < -0.4 is 15.4 Å². The molecule has 0 heterocycles. The lowest BCUT2D eigenvalue weighted by molar-refractivity contribution is -0.119. The molecule has 0 aliphatic rings. The van der Waals surface area contributed by atoms with E-state index in [1.807, 2.05) is 0 Å². The number of nitrogens with one attached hydrogen (secondary N) is 2. The highest BCUT2D eigenvalue weighted by atomic mass is 19.1. The second kappa shape index (κ2) is 8.96. The van der Waals surface area contributed by atoms with Crippen molar-refractivity contribution >= 4 is 23.2 Å². The first kappa shape index (κ1) is 19.4. The summed E-state index contributed by atoms with van der Waals surface area (Å²) in [5.74, 6) is -0.324. The molecule has 7 heteroatoms. The second-order valence-electron chi connectivity index (χ2n) is 5.96. The molecule has 6 nitrogen and oxygen atoms in total. The maximum Gasteiger partial charge on any atom is 0.238 e. The Morgan fingerprint density at radius 3 is 2.23 bits per heavy atom. The number of amides is 2. The van der Waals surface area contributed by atoms with Crippen molar-refractivity contribution in [2.45, 2.75) is 6.92 Å². The van der Waals surface area contributed by atoms with Gasteiger partial charge in [-0.15, -0.1) is 0 Å². The number of halogens is 1. The van der Waals surface area contributed by atoms with E-state index in [2.05, 4.69) is 10.6 Å². The zero-order valence-corrected chi connectivity index (χ0v) is 15.0. The van der Waals surface area contributed by atoms with Crippen molar-refractivity contribution in [1.29, 1.82) is 0 Å². The summed E-state index contributed by atoms with van der Waals surface area (Å²) < 4.78 is 18.6. The van der Waals surface area contributed by atoms with Gasteiger partial charge in [0.15, 0.2) is 0 Å². The number of carbonyl (C=O) groups excluding carboxylic acids is 2. The quantitative estimate of drug-likeness (QED) is 0.797. The smallest absolute Gasteiger partial charge is 0.238 e. The molecule has 0 radical (unpaired) electrons. The number of rotatable bonds is 7. The highest BCUT2D eigenvalue weighted by Gasteiger charge is 2.12. The van der Waals surface area contributed by atoms with E-state index >= 15 is 0 Å². The fourth-order valence-corrected chi connectivity index (χ4v) is 2.32. The van der Waals surface area contributed by atoms with Gasteiger partial charge in [0.2, 0.25) is 11.8 Å². The van der Waals surface area contributed by atoms with E-state index in [0.29, 0.717) is 22.7 Å². The molecule has 0 aliphatic carbocycles. The highest BCUT2D eigenvalue weighted by Crippen LogP contribution is 2.16.